The first-order valence-corrected chi connectivity index (χ1v) is 10.7. The number of hydrogen-bond donors (Lipinski definition) is 1. The molecule has 7 heteroatoms. The number of benzene rings is 2. The molecule has 0 aliphatic rings. The Labute approximate surface area is 162 Å². The number of carbonyl (C=O) groups is 1. The second kappa shape index (κ2) is 7.94. The maximum absolute atomic E-state index is 13.2. The Morgan fingerprint density at radius 3 is 2.52 bits per heavy atom. The number of thiophene rings is 1. The van der Waals surface area contributed by atoms with Crippen molar-refractivity contribution in [3.05, 3.63) is 70.4 Å². The molecular formula is C20H19NO4S2. The SMILES string of the molecule is CCc1cccc(NS(=O)(=O)c2c(-c3ccccc3)csc2C(=O)OC)c1. The molecule has 0 spiro atoms. The Morgan fingerprint density at radius 2 is 1.85 bits per heavy atom. The number of ether oxygens (including phenoxy) is 1. The monoisotopic (exact) mass is 401 g/mol. The summed E-state index contributed by atoms with van der Waals surface area (Å²) in [6.45, 7) is 2.00. The van der Waals surface area contributed by atoms with E-state index in [4.69, 9.17) is 4.74 Å². The molecule has 0 saturated carbocycles. The van der Waals surface area contributed by atoms with E-state index in [2.05, 4.69) is 4.72 Å². The van der Waals surface area contributed by atoms with Gasteiger partial charge < -0.3 is 4.74 Å². The van der Waals surface area contributed by atoms with Crippen molar-refractivity contribution in [2.24, 2.45) is 0 Å². The Hall–Kier alpha value is -2.64. The highest BCUT2D eigenvalue weighted by atomic mass is 32.2. The van der Waals surface area contributed by atoms with Crippen LogP contribution in [0.15, 0.2) is 64.9 Å². The van der Waals surface area contributed by atoms with Crippen molar-refractivity contribution < 1.29 is 17.9 Å². The molecule has 0 aliphatic carbocycles. The van der Waals surface area contributed by atoms with Gasteiger partial charge in [-0.15, -0.1) is 11.3 Å². The Bertz CT molecular complexity index is 1060. The molecule has 0 saturated heterocycles. The highest BCUT2D eigenvalue weighted by molar-refractivity contribution is 7.93. The number of esters is 1. The van der Waals surface area contributed by atoms with Gasteiger partial charge in [0.25, 0.3) is 10.0 Å². The van der Waals surface area contributed by atoms with Crippen LogP contribution in [0.25, 0.3) is 11.1 Å². The van der Waals surface area contributed by atoms with Gasteiger partial charge in [0.2, 0.25) is 0 Å². The van der Waals surface area contributed by atoms with Crippen LogP contribution in [-0.4, -0.2) is 21.5 Å². The summed E-state index contributed by atoms with van der Waals surface area (Å²) < 4.78 is 33.8. The summed E-state index contributed by atoms with van der Waals surface area (Å²) in [6, 6.07) is 16.3. The summed E-state index contributed by atoms with van der Waals surface area (Å²) in [6.07, 6.45) is 0.788. The van der Waals surface area contributed by atoms with E-state index in [1.165, 1.54) is 7.11 Å². The molecule has 5 nitrogen and oxygen atoms in total. The van der Waals surface area contributed by atoms with E-state index in [0.29, 0.717) is 16.8 Å². The summed E-state index contributed by atoms with van der Waals surface area (Å²) in [4.78, 5) is 12.2. The molecule has 0 atom stereocenters. The molecular weight excluding hydrogens is 382 g/mol. The van der Waals surface area contributed by atoms with Gasteiger partial charge in [0.05, 0.1) is 7.11 Å². The predicted molar refractivity (Wildman–Crippen MR) is 108 cm³/mol. The van der Waals surface area contributed by atoms with Gasteiger partial charge in [-0.3, -0.25) is 4.72 Å². The Morgan fingerprint density at radius 1 is 1.11 bits per heavy atom. The molecule has 2 aromatic carbocycles. The highest BCUT2D eigenvalue weighted by Crippen LogP contribution is 2.36. The molecule has 1 N–H and O–H groups in total. The molecule has 0 amide bonds. The van der Waals surface area contributed by atoms with Crippen LogP contribution in [0.4, 0.5) is 5.69 Å². The first-order chi connectivity index (χ1) is 13.0. The number of hydrogen-bond acceptors (Lipinski definition) is 5. The van der Waals surface area contributed by atoms with E-state index >= 15 is 0 Å². The summed E-state index contributed by atoms with van der Waals surface area (Å²) in [5.74, 6) is -0.676. The number of sulfonamides is 1. The maximum Gasteiger partial charge on any atom is 0.349 e. The van der Waals surface area contributed by atoms with Gasteiger partial charge in [0, 0.05) is 16.6 Å². The second-order valence-electron chi connectivity index (χ2n) is 5.82. The third-order valence-electron chi connectivity index (χ3n) is 4.06. The van der Waals surface area contributed by atoms with Gasteiger partial charge in [0.1, 0.15) is 9.77 Å². The molecule has 140 valence electrons. The zero-order valence-electron chi connectivity index (χ0n) is 14.9. The van der Waals surface area contributed by atoms with Crippen molar-refractivity contribution in [3.63, 3.8) is 0 Å². The van der Waals surface area contributed by atoms with Gasteiger partial charge in [-0.05, 0) is 29.7 Å². The number of nitrogens with one attached hydrogen (secondary N) is 1. The third-order valence-corrected chi connectivity index (χ3v) is 6.61. The summed E-state index contributed by atoms with van der Waals surface area (Å²) in [7, 11) is -2.77. The van der Waals surface area contributed by atoms with Gasteiger partial charge in [0.15, 0.2) is 0 Å². The Balaban J connectivity index is 2.12. The van der Waals surface area contributed by atoms with Crippen LogP contribution in [0.2, 0.25) is 0 Å². The number of aryl methyl sites for hydroxylation is 1. The lowest BCUT2D eigenvalue weighted by atomic mass is 10.1. The van der Waals surface area contributed by atoms with E-state index in [1.807, 2.05) is 31.2 Å². The molecule has 0 fully saturated rings. The van der Waals surface area contributed by atoms with Crippen molar-refractivity contribution in [2.75, 3.05) is 11.8 Å². The minimum Gasteiger partial charge on any atom is -0.465 e. The second-order valence-corrected chi connectivity index (χ2v) is 8.32. The van der Waals surface area contributed by atoms with Gasteiger partial charge >= 0.3 is 5.97 Å². The first kappa shape index (κ1) is 19.1. The van der Waals surface area contributed by atoms with Crippen molar-refractivity contribution >= 4 is 33.0 Å². The summed E-state index contributed by atoms with van der Waals surface area (Å²) in [5.41, 5.74) is 2.65. The maximum atomic E-state index is 13.2. The zero-order chi connectivity index (χ0) is 19.4. The number of anilines is 1. The van der Waals surface area contributed by atoms with Crippen LogP contribution < -0.4 is 4.72 Å². The number of carbonyl (C=O) groups excluding carboxylic acids is 1. The topological polar surface area (TPSA) is 72.5 Å². The smallest absolute Gasteiger partial charge is 0.349 e. The molecule has 3 aromatic rings. The predicted octanol–water partition coefficient (Wildman–Crippen LogP) is 4.56. The minimum atomic E-state index is -4.00. The first-order valence-electron chi connectivity index (χ1n) is 8.33. The quantitative estimate of drug-likeness (QED) is 0.615. The lowest BCUT2D eigenvalue weighted by Crippen LogP contribution is -2.16. The fraction of sp³-hybridized carbons (Fsp3) is 0.150. The van der Waals surface area contributed by atoms with E-state index in [1.54, 1.807) is 35.7 Å². The van der Waals surface area contributed by atoms with Crippen molar-refractivity contribution in [2.45, 2.75) is 18.2 Å². The molecule has 1 aromatic heterocycles. The fourth-order valence-corrected chi connectivity index (χ4v) is 5.49. The van der Waals surface area contributed by atoms with Gasteiger partial charge in [-0.2, -0.15) is 0 Å². The molecule has 0 radical (unpaired) electrons. The third kappa shape index (κ3) is 4.04. The van der Waals surface area contributed by atoms with E-state index in [9.17, 15) is 13.2 Å². The molecule has 27 heavy (non-hydrogen) atoms. The van der Waals surface area contributed by atoms with Crippen LogP contribution in [0.3, 0.4) is 0 Å². The van der Waals surface area contributed by atoms with Crippen molar-refractivity contribution in [3.8, 4) is 11.1 Å². The highest BCUT2D eigenvalue weighted by Gasteiger charge is 2.30. The van der Waals surface area contributed by atoms with E-state index in [-0.39, 0.29) is 9.77 Å². The molecule has 0 bridgehead atoms. The normalized spacial score (nSPS) is 11.2. The summed E-state index contributed by atoms with van der Waals surface area (Å²) in [5, 5.41) is 1.67. The molecule has 0 aliphatic heterocycles. The standard InChI is InChI=1S/C20H19NO4S2/c1-3-14-8-7-11-16(12-14)21-27(23,24)19-17(15-9-5-4-6-10-15)13-26-18(19)20(22)25-2/h4-13,21H,3H2,1-2H3. The van der Waals surface area contributed by atoms with Gasteiger partial charge in [-0.25, -0.2) is 13.2 Å². The van der Waals surface area contributed by atoms with Crippen molar-refractivity contribution in [1.29, 1.82) is 0 Å². The fourth-order valence-electron chi connectivity index (χ4n) is 2.73. The average molecular weight is 402 g/mol. The minimum absolute atomic E-state index is 0.0514. The van der Waals surface area contributed by atoms with Crippen LogP contribution in [0, 0.1) is 0 Å². The van der Waals surface area contributed by atoms with Crippen LogP contribution in [0.5, 0.6) is 0 Å². The van der Waals surface area contributed by atoms with Gasteiger partial charge in [-0.1, -0.05) is 49.4 Å². The molecule has 0 unspecified atom stereocenters. The zero-order valence-corrected chi connectivity index (χ0v) is 16.6. The largest absolute Gasteiger partial charge is 0.465 e. The average Bonchev–Trinajstić information content (AvgIpc) is 3.14. The van der Waals surface area contributed by atoms with E-state index < -0.39 is 16.0 Å². The molecule has 1 heterocycles. The van der Waals surface area contributed by atoms with Crippen molar-refractivity contribution in [1.82, 2.24) is 0 Å². The van der Waals surface area contributed by atoms with Crippen LogP contribution in [0.1, 0.15) is 22.2 Å². The number of rotatable bonds is 6. The van der Waals surface area contributed by atoms with E-state index in [0.717, 1.165) is 23.3 Å². The lowest BCUT2D eigenvalue weighted by Gasteiger charge is -2.12. The van der Waals surface area contributed by atoms with Crippen LogP contribution in [-0.2, 0) is 21.2 Å². The molecule has 3 rings (SSSR count). The lowest BCUT2D eigenvalue weighted by molar-refractivity contribution is 0.0602. The van der Waals surface area contributed by atoms with Crippen LogP contribution >= 0.6 is 11.3 Å². The number of methoxy groups -OCH3 is 1. The Kier molecular flexibility index (Phi) is 5.62. The summed E-state index contributed by atoms with van der Waals surface area (Å²) >= 11 is 1.06.